The van der Waals surface area contributed by atoms with E-state index >= 15 is 0 Å². The standard InChI is InChI=1S/C23H18N4/c1-17-8-10-18(11-9-17)12-13-19-16-22(20-6-2-4-14-24-20)27-23(26-19)21-7-3-5-15-25-21/h2-16H,1H3/b13-12+. The van der Waals surface area contributed by atoms with Crippen LogP contribution in [0.4, 0.5) is 0 Å². The fourth-order valence-electron chi connectivity index (χ4n) is 2.67. The highest BCUT2D eigenvalue weighted by molar-refractivity contribution is 5.71. The molecule has 4 nitrogen and oxygen atoms in total. The second-order valence-corrected chi connectivity index (χ2v) is 6.18. The van der Waals surface area contributed by atoms with E-state index in [1.54, 1.807) is 12.4 Å². The lowest BCUT2D eigenvalue weighted by Gasteiger charge is -2.06. The molecule has 130 valence electrons. The average molecular weight is 350 g/mol. The van der Waals surface area contributed by atoms with Gasteiger partial charge in [-0.2, -0.15) is 0 Å². The molecule has 0 bridgehead atoms. The smallest absolute Gasteiger partial charge is 0.179 e. The van der Waals surface area contributed by atoms with Crippen molar-refractivity contribution in [2.45, 2.75) is 6.92 Å². The third-order valence-corrected chi connectivity index (χ3v) is 4.09. The van der Waals surface area contributed by atoms with Gasteiger partial charge in [0.25, 0.3) is 0 Å². The lowest BCUT2D eigenvalue weighted by molar-refractivity contribution is 1.12. The minimum absolute atomic E-state index is 0.585. The summed E-state index contributed by atoms with van der Waals surface area (Å²) in [5, 5.41) is 0. The van der Waals surface area contributed by atoms with Crippen molar-refractivity contribution < 1.29 is 0 Å². The van der Waals surface area contributed by atoms with E-state index in [4.69, 9.17) is 0 Å². The van der Waals surface area contributed by atoms with Gasteiger partial charge in [0.2, 0.25) is 0 Å². The number of nitrogens with zero attached hydrogens (tertiary/aromatic N) is 4. The van der Waals surface area contributed by atoms with Crippen LogP contribution in [0.1, 0.15) is 16.8 Å². The molecule has 0 saturated carbocycles. The van der Waals surface area contributed by atoms with Crippen LogP contribution >= 0.6 is 0 Å². The quantitative estimate of drug-likeness (QED) is 0.515. The number of rotatable bonds is 4. The van der Waals surface area contributed by atoms with Crippen molar-refractivity contribution in [1.29, 1.82) is 0 Å². The van der Waals surface area contributed by atoms with Crippen LogP contribution in [0.3, 0.4) is 0 Å². The molecule has 1 aromatic carbocycles. The van der Waals surface area contributed by atoms with Gasteiger partial charge < -0.3 is 0 Å². The first-order chi connectivity index (χ1) is 13.3. The Bertz CT molecular complexity index is 999. The molecule has 0 amide bonds. The van der Waals surface area contributed by atoms with Crippen LogP contribution in [0.5, 0.6) is 0 Å². The van der Waals surface area contributed by atoms with Crippen molar-refractivity contribution in [3.63, 3.8) is 0 Å². The van der Waals surface area contributed by atoms with Crippen LogP contribution in [0.2, 0.25) is 0 Å². The molecule has 0 aliphatic carbocycles. The van der Waals surface area contributed by atoms with Crippen molar-refractivity contribution in [2.75, 3.05) is 0 Å². The summed E-state index contributed by atoms with van der Waals surface area (Å²) in [5.41, 5.74) is 5.49. The third-order valence-electron chi connectivity index (χ3n) is 4.09. The summed E-state index contributed by atoms with van der Waals surface area (Å²) in [5.74, 6) is 0.585. The first-order valence-corrected chi connectivity index (χ1v) is 8.74. The molecule has 0 saturated heterocycles. The SMILES string of the molecule is Cc1ccc(/C=C/c2cc(-c3ccccn3)nc(-c3ccccn3)n2)cc1. The Balaban J connectivity index is 1.77. The predicted molar refractivity (Wildman–Crippen MR) is 109 cm³/mol. The summed E-state index contributed by atoms with van der Waals surface area (Å²) < 4.78 is 0. The molecule has 4 aromatic rings. The van der Waals surface area contributed by atoms with Crippen molar-refractivity contribution in [3.05, 3.63) is 95.9 Å². The Hall–Kier alpha value is -3.66. The van der Waals surface area contributed by atoms with Gasteiger partial charge in [-0.05, 0) is 48.9 Å². The van der Waals surface area contributed by atoms with E-state index in [-0.39, 0.29) is 0 Å². The Morgan fingerprint density at radius 2 is 1.37 bits per heavy atom. The van der Waals surface area contributed by atoms with E-state index in [1.165, 1.54) is 5.56 Å². The van der Waals surface area contributed by atoms with E-state index in [9.17, 15) is 0 Å². The highest BCUT2D eigenvalue weighted by Gasteiger charge is 2.09. The molecule has 3 aromatic heterocycles. The summed E-state index contributed by atoms with van der Waals surface area (Å²) in [6.45, 7) is 2.08. The zero-order chi connectivity index (χ0) is 18.5. The zero-order valence-corrected chi connectivity index (χ0v) is 14.9. The number of aromatic nitrogens is 4. The Labute approximate surface area is 158 Å². The molecule has 0 radical (unpaired) electrons. The van der Waals surface area contributed by atoms with Crippen LogP contribution in [-0.2, 0) is 0 Å². The fourth-order valence-corrected chi connectivity index (χ4v) is 2.67. The van der Waals surface area contributed by atoms with Gasteiger partial charge >= 0.3 is 0 Å². The summed E-state index contributed by atoms with van der Waals surface area (Å²) >= 11 is 0. The second-order valence-electron chi connectivity index (χ2n) is 6.18. The first-order valence-electron chi connectivity index (χ1n) is 8.74. The minimum Gasteiger partial charge on any atom is -0.255 e. The Kier molecular flexibility index (Phi) is 4.79. The number of aryl methyl sites for hydroxylation is 1. The largest absolute Gasteiger partial charge is 0.255 e. The van der Waals surface area contributed by atoms with Gasteiger partial charge in [0.1, 0.15) is 5.69 Å². The van der Waals surface area contributed by atoms with Gasteiger partial charge in [-0.1, -0.05) is 48.0 Å². The Morgan fingerprint density at radius 1 is 0.667 bits per heavy atom. The van der Waals surface area contributed by atoms with Crippen LogP contribution < -0.4 is 0 Å². The molecule has 0 atom stereocenters. The summed E-state index contributed by atoms with van der Waals surface area (Å²) in [7, 11) is 0. The molecule has 3 heterocycles. The van der Waals surface area contributed by atoms with Crippen LogP contribution in [0.25, 0.3) is 35.1 Å². The van der Waals surface area contributed by atoms with Gasteiger partial charge in [0.15, 0.2) is 5.82 Å². The molecule has 0 N–H and O–H groups in total. The topological polar surface area (TPSA) is 51.6 Å². The molecule has 4 heteroatoms. The van der Waals surface area contributed by atoms with Crippen LogP contribution in [0, 0.1) is 6.92 Å². The molecule has 0 aliphatic rings. The van der Waals surface area contributed by atoms with Gasteiger partial charge in [-0.25, -0.2) is 9.97 Å². The normalized spacial score (nSPS) is 11.0. The lowest BCUT2D eigenvalue weighted by atomic mass is 10.1. The molecule has 0 unspecified atom stereocenters. The van der Waals surface area contributed by atoms with Crippen LogP contribution in [-0.4, -0.2) is 19.9 Å². The monoisotopic (exact) mass is 350 g/mol. The first kappa shape index (κ1) is 16.8. The van der Waals surface area contributed by atoms with E-state index < -0.39 is 0 Å². The van der Waals surface area contributed by atoms with Crippen LogP contribution in [0.15, 0.2) is 79.1 Å². The highest BCUT2D eigenvalue weighted by atomic mass is 14.9. The van der Waals surface area contributed by atoms with Gasteiger partial charge in [-0.15, -0.1) is 0 Å². The molecule has 0 fully saturated rings. The maximum atomic E-state index is 4.67. The summed E-state index contributed by atoms with van der Waals surface area (Å²) in [4.78, 5) is 18.1. The van der Waals surface area contributed by atoms with Gasteiger partial charge in [-0.3, -0.25) is 9.97 Å². The number of pyridine rings is 2. The van der Waals surface area contributed by atoms with Crippen molar-refractivity contribution in [1.82, 2.24) is 19.9 Å². The fraction of sp³-hybridized carbons (Fsp3) is 0.0435. The molecule has 27 heavy (non-hydrogen) atoms. The molecular formula is C23H18N4. The second kappa shape index (κ2) is 7.70. The minimum atomic E-state index is 0.585. The highest BCUT2D eigenvalue weighted by Crippen LogP contribution is 2.21. The number of hydrogen-bond donors (Lipinski definition) is 0. The van der Waals surface area contributed by atoms with Gasteiger partial charge in [0, 0.05) is 12.4 Å². The molecule has 4 rings (SSSR count). The maximum absolute atomic E-state index is 4.67. The van der Waals surface area contributed by atoms with Crippen molar-refractivity contribution >= 4 is 12.2 Å². The lowest BCUT2D eigenvalue weighted by Crippen LogP contribution is -1.97. The van der Waals surface area contributed by atoms with Crippen molar-refractivity contribution in [3.8, 4) is 22.9 Å². The van der Waals surface area contributed by atoms with E-state index in [2.05, 4.69) is 51.1 Å². The van der Waals surface area contributed by atoms with Gasteiger partial charge in [0.05, 0.1) is 17.1 Å². The summed E-state index contributed by atoms with van der Waals surface area (Å²) in [6, 6.07) is 21.8. The third kappa shape index (κ3) is 4.12. The molecule has 0 spiro atoms. The molecular weight excluding hydrogens is 332 g/mol. The predicted octanol–water partition coefficient (Wildman–Crippen LogP) is 5.08. The van der Waals surface area contributed by atoms with E-state index in [0.29, 0.717) is 5.82 Å². The number of benzene rings is 1. The van der Waals surface area contributed by atoms with E-state index in [1.807, 2.05) is 54.6 Å². The van der Waals surface area contributed by atoms with Crippen molar-refractivity contribution in [2.24, 2.45) is 0 Å². The van der Waals surface area contributed by atoms with E-state index in [0.717, 1.165) is 28.3 Å². The zero-order valence-electron chi connectivity index (χ0n) is 14.9. The maximum Gasteiger partial charge on any atom is 0.179 e. The molecule has 0 aliphatic heterocycles. The number of hydrogen-bond acceptors (Lipinski definition) is 4. The summed E-state index contributed by atoms with van der Waals surface area (Å²) in [6.07, 6.45) is 7.55. The Morgan fingerprint density at radius 3 is 2.04 bits per heavy atom. The average Bonchev–Trinajstić information content (AvgIpc) is 2.74.